The summed E-state index contributed by atoms with van der Waals surface area (Å²) in [7, 11) is 0. The van der Waals surface area contributed by atoms with Crippen LogP contribution in [0.25, 0.3) is 0 Å². The van der Waals surface area contributed by atoms with Crippen molar-refractivity contribution in [3.05, 3.63) is 45.5 Å². The van der Waals surface area contributed by atoms with Gasteiger partial charge in [0.05, 0.1) is 5.75 Å². The average Bonchev–Trinajstić information content (AvgIpc) is 3.29. The minimum absolute atomic E-state index is 0.0575. The molecule has 1 fully saturated rings. The summed E-state index contributed by atoms with van der Waals surface area (Å²) < 4.78 is 0. The number of amides is 1. The van der Waals surface area contributed by atoms with Gasteiger partial charge in [0.2, 0.25) is 5.91 Å². The van der Waals surface area contributed by atoms with Gasteiger partial charge in [-0.2, -0.15) is 0 Å². The molecule has 2 bridgehead atoms. The molecule has 4 nitrogen and oxygen atoms in total. The van der Waals surface area contributed by atoms with Crippen molar-refractivity contribution in [3.8, 4) is 0 Å². The largest absolute Gasteiger partial charge is 0.358 e. The second-order valence-corrected chi connectivity index (χ2v) is 9.52. The first-order valence-corrected chi connectivity index (χ1v) is 11.5. The zero-order valence-corrected chi connectivity index (χ0v) is 19.1. The number of thioether (sulfide) groups is 1. The zero-order valence-electron chi connectivity index (χ0n) is 17.4. The van der Waals surface area contributed by atoms with Crippen LogP contribution >= 0.6 is 24.0 Å². The van der Waals surface area contributed by atoms with Crippen molar-refractivity contribution in [2.24, 2.45) is 11.8 Å². The molecule has 1 amide bonds. The topological polar surface area (TPSA) is 53.2 Å². The Bertz CT molecular complexity index is 789. The molecule has 1 saturated carbocycles. The fraction of sp³-hybridized carbons (Fsp3) is 0.545. The molecule has 3 atom stereocenters. The lowest BCUT2D eigenvalue weighted by atomic mass is 9.90. The number of nitrogens with one attached hydrogen (secondary N) is 3. The number of carbonyl (C=O) groups excluding carboxylic acids is 1. The molecular weight excluding hydrogens is 386 g/mol. The molecular formula is C22H31N3OS2. The van der Waals surface area contributed by atoms with Gasteiger partial charge in [-0.15, -0.1) is 11.8 Å². The molecule has 0 spiro atoms. The van der Waals surface area contributed by atoms with Crippen molar-refractivity contribution in [2.75, 3.05) is 5.75 Å². The molecule has 2 aliphatic carbocycles. The summed E-state index contributed by atoms with van der Waals surface area (Å²) in [5, 5.41) is 3.83. The van der Waals surface area contributed by atoms with Crippen molar-refractivity contribution in [3.63, 3.8) is 0 Å². The predicted molar refractivity (Wildman–Crippen MR) is 122 cm³/mol. The van der Waals surface area contributed by atoms with E-state index < -0.39 is 0 Å². The van der Waals surface area contributed by atoms with Gasteiger partial charge >= 0.3 is 0 Å². The maximum atomic E-state index is 12.2. The maximum Gasteiger partial charge on any atom is 0.248 e. The Kier molecular flexibility index (Phi) is 6.71. The summed E-state index contributed by atoms with van der Waals surface area (Å²) in [5.74, 6) is 2.45. The highest BCUT2D eigenvalue weighted by Gasteiger charge is 2.35. The van der Waals surface area contributed by atoms with E-state index in [9.17, 15) is 4.79 Å². The van der Waals surface area contributed by atoms with Crippen LogP contribution in [0, 0.1) is 46.5 Å². The smallest absolute Gasteiger partial charge is 0.248 e. The van der Waals surface area contributed by atoms with Crippen LogP contribution in [0.15, 0.2) is 12.2 Å². The van der Waals surface area contributed by atoms with E-state index in [1.165, 1.54) is 39.8 Å². The molecule has 2 aliphatic rings. The lowest BCUT2D eigenvalue weighted by Gasteiger charge is -2.22. The molecule has 1 aromatic carbocycles. The Morgan fingerprint density at radius 2 is 1.64 bits per heavy atom. The van der Waals surface area contributed by atoms with Crippen molar-refractivity contribution in [2.45, 2.75) is 59.3 Å². The van der Waals surface area contributed by atoms with E-state index in [1.54, 1.807) is 11.8 Å². The van der Waals surface area contributed by atoms with Crippen LogP contribution in [0.5, 0.6) is 0 Å². The van der Waals surface area contributed by atoms with Crippen LogP contribution in [0.2, 0.25) is 0 Å². The van der Waals surface area contributed by atoms with Gasteiger partial charge in [0.1, 0.15) is 0 Å². The molecule has 6 heteroatoms. The van der Waals surface area contributed by atoms with Crippen LogP contribution in [0.4, 0.5) is 0 Å². The Balaban J connectivity index is 1.41. The molecule has 0 radical (unpaired) electrons. The van der Waals surface area contributed by atoms with Crippen LogP contribution in [-0.2, 0) is 10.5 Å². The first-order valence-electron chi connectivity index (χ1n) is 9.95. The van der Waals surface area contributed by atoms with Gasteiger partial charge in [-0.1, -0.05) is 12.2 Å². The van der Waals surface area contributed by atoms with Crippen LogP contribution < -0.4 is 16.2 Å². The lowest BCUT2D eigenvalue weighted by molar-refractivity contribution is -0.119. The highest BCUT2D eigenvalue weighted by molar-refractivity contribution is 7.99. The summed E-state index contributed by atoms with van der Waals surface area (Å²) in [6.45, 7) is 10.9. The molecule has 0 aliphatic heterocycles. The van der Waals surface area contributed by atoms with Crippen LogP contribution in [0.3, 0.4) is 0 Å². The number of rotatable bonds is 5. The van der Waals surface area contributed by atoms with E-state index in [1.807, 2.05) is 0 Å². The summed E-state index contributed by atoms with van der Waals surface area (Å²) in [6.07, 6.45) is 6.93. The quantitative estimate of drug-likeness (QED) is 0.385. The number of hydrogen-bond donors (Lipinski definition) is 3. The number of allylic oxidation sites excluding steroid dienone is 1. The minimum Gasteiger partial charge on any atom is -0.358 e. The molecule has 3 N–H and O–H groups in total. The molecule has 0 saturated heterocycles. The van der Waals surface area contributed by atoms with E-state index in [-0.39, 0.29) is 5.91 Å². The van der Waals surface area contributed by atoms with Crippen molar-refractivity contribution in [1.29, 1.82) is 0 Å². The Labute approximate surface area is 178 Å². The predicted octanol–water partition coefficient (Wildman–Crippen LogP) is 3.92. The molecule has 152 valence electrons. The number of benzene rings is 1. The number of carbonyl (C=O) groups is 1. The number of thiocarbonyl (C=S) groups is 1. The molecule has 0 aromatic heterocycles. The van der Waals surface area contributed by atoms with Gasteiger partial charge in [0.15, 0.2) is 5.11 Å². The summed E-state index contributed by atoms with van der Waals surface area (Å²) >= 11 is 6.96. The third-order valence-corrected chi connectivity index (χ3v) is 7.72. The van der Waals surface area contributed by atoms with Gasteiger partial charge in [0.25, 0.3) is 0 Å². The molecule has 0 heterocycles. The van der Waals surface area contributed by atoms with Crippen LogP contribution in [0.1, 0.15) is 46.2 Å². The Morgan fingerprint density at radius 1 is 1.00 bits per heavy atom. The van der Waals surface area contributed by atoms with Gasteiger partial charge in [-0.25, -0.2) is 0 Å². The second kappa shape index (κ2) is 8.87. The molecule has 0 unspecified atom stereocenters. The van der Waals surface area contributed by atoms with Crippen molar-refractivity contribution in [1.82, 2.24) is 16.2 Å². The number of hydrogen-bond acceptors (Lipinski definition) is 3. The summed E-state index contributed by atoms with van der Waals surface area (Å²) in [6, 6.07) is 0.389. The van der Waals surface area contributed by atoms with Gasteiger partial charge < -0.3 is 5.32 Å². The third kappa shape index (κ3) is 4.54. The SMILES string of the molecule is Cc1c(C)c(C)c(CSCC(=O)NNC(=S)N[C@H]2C[C@H]3C=C[C@H]2C3)c(C)c1C. The van der Waals surface area contributed by atoms with E-state index in [0.717, 1.165) is 12.2 Å². The normalized spacial score (nSPS) is 22.4. The first-order chi connectivity index (χ1) is 13.3. The van der Waals surface area contributed by atoms with Gasteiger partial charge in [-0.05, 0) is 105 Å². The third-order valence-electron chi connectivity index (χ3n) is 6.55. The van der Waals surface area contributed by atoms with Gasteiger partial charge in [0, 0.05) is 11.8 Å². The Morgan fingerprint density at radius 3 is 2.21 bits per heavy atom. The second-order valence-electron chi connectivity index (χ2n) is 8.13. The van der Waals surface area contributed by atoms with Crippen LogP contribution in [-0.4, -0.2) is 22.8 Å². The monoisotopic (exact) mass is 417 g/mol. The summed E-state index contributed by atoms with van der Waals surface area (Å²) in [4.78, 5) is 12.2. The standard InChI is InChI=1S/C22H31N3OS2/c1-12-13(2)15(4)19(16(5)14(12)3)10-28-11-21(26)24-25-22(27)23-20-9-17-6-7-18(20)8-17/h6-7,17-18,20H,8-11H2,1-5H3,(H,24,26)(H2,23,25,27)/t17-,18-,20-/m0/s1. The first kappa shape index (κ1) is 21.2. The number of fused-ring (bicyclic) bond motifs is 2. The Hall–Kier alpha value is -1.53. The average molecular weight is 418 g/mol. The van der Waals surface area contributed by atoms with E-state index in [0.29, 0.717) is 28.7 Å². The highest BCUT2D eigenvalue weighted by atomic mass is 32.2. The van der Waals surface area contributed by atoms with Crippen molar-refractivity contribution < 1.29 is 4.79 Å². The van der Waals surface area contributed by atoms with E-state index >= 15 is 0 Å². The number of hydrazine groups is 1. The maximum absolute atomic E-state index is 12.2. The zero-order chi connectivity index (χ0) is 20.4. The van der Waals surface area contributed by atoms with Crippen molar-refractivity contribution >= 4 is 35.0 Å². The van der Waals surface area contributed by atoms with E-state index in [2.05, 4.69) is 62.9 Å². The lowest BCUT2D eigenvalue weighted by Crippen LogP contribution is -2.50. The fourth-order valence-electron chi connectivity index (χ4n) is 4.35. The molecule has 28 heavy (non-hydrogen) atoms. The molecule has 3 rings (SSSR count). The molecule has 1 aromatic rings. The fourth-order valence-corrected chi connectivity index (χ4v) is 5.55. The highest BCUT2D eigenvalue weighted by Crippen LogP contribution is 2.38. The summed E-state index contributed by atoms with van der Waals surface area (Å²) in [5.41, 5.74) is 13.7. The minimum atomic E-state index is -0.0575. The van der Waals surface area contributed by atoms with Gasteiger partial charge in [-0.3, -0.25) is 15.6 Å². The van der Waals surface area contributed by atoms with E-state index in [4.69, 9.17) is 12.2 Å².